The lowest BCUT2D eigenvalue weighted by molar-refractivity contribution is 0.241. The minimum Gasteiger partial charge on any atom is -0.497 e. The van der Waals surface area contributed by atoms with Gasteiger partial charge in [-0.05, 0) is 37.2 Å². The Balaban J connectivity index is 1.76. The van der Waals surface area contributed by atoms with Crippen LogP contribution in [0.3, 0.4) is 0 Å². The third kappa shape index (κ3) is 4.75. The van der Waals surface area contributed by atoms with E-state index in [1.165, 1.54) is 19.2 Å². The fourth-order valence-electron chi connectivity index (χ4n) is 3.26. The molecule has 5 nitrogen and oxygen atoms in total. The third-order valence-corrected chi connectivity index (χ3v) is 5.09. The maximum Gasteiger partial charge on any atom is 0.319 e. The molecule has 27 heavy (non-hydrogen) atoms. The van der Waals surface area contributed by atoms with Gasteiger partial charge in [-0.15, -0.1) is 0 Å². The molecule has 0 saturated carbocycles. The van der Waals surface area contributed by atoms with Crippen LogP contribution >= 0.6 is 15.9 Å². The number of nitrogens with one attached hydrogen (secondary N) is 3. The first-order valence-electron chi connectivity index (χ1n) is 8.54. The zero-order valence-corrected chi connectivity index (χ0v) is 16.3. The number of urea groups is 1. The number of halogens is 3. The minimum atomic E-state index is -0.668. The van der Waals surface area contributed by atoms with Crippen molar-refractivity contribution in [2.24, 2.45) is 0 Å². The SMILES string of the molecule is COc1cc(F)c([C@H]2CCNC[C@@H]2NC(=O)Nc2ccc(Br)cc2)c(F)c1. The van der Waals surface area contributed by atoms with Gasteiger partial charge in [0.05, 0.1) is 13.2 Å². The van der Waals surface area contributed by atoms with E-state index in [1.807, 2.05) is 12.1 Å². The van der Waals surface area contributed by atoms with E-state index in [1.54, 1.807) is 12.1 Å². The molecule has 2 atom stereocenters. The number of benzene rings is 2. The van der Waals surface area contributed by atoms with Gasteiger partial charge in [-0.3, -0.25) is 0 Å². The van der Waals surface area contributed by atoms with Crippen LogP contribution in [0.4, 0.5) is 19.3 Å². The van der Waals surface area contributed by atoms with Crippen LogP contribution in [0, 0.1) is 11.6 Å². The van der Waals surface area contributed by atoms with Crippen LogP contribution < -0.4 is 20.7 Å². The average Bonchev–Trinajstić information content (AvgIpc) is 2.64. The molecule has 1 saturated heterocycles. The monoisotopic (exact) mass is 439 g/mol. The number of piperidine rings is 1. The predicted octanol–water partition coefficient (Wildman–Crippen LogP) is 4.00. The molecule has 3 N–H and O–H groups in total. The highest BCUT2D eigenvalue weighted by atomic mass is 79.9. The molecule has 2 aromatic carbocycles. The molecule has 0 bridgehead atoms. The molecule has 1 aliphatic heterocycles. The van der Waals surface area contributed by atoms with E-state index in [-0.39, 0.29) is 11.3 Å². The van der Waals surface area contributed by atoms with Crippen LogP contribution in [0.15, 0.2) is 40.9 Å². The molecular weight excluding hydrogens is 420 g/mol. The number of amides is 2. The van der Waals surface area contributed by atoms with Gasteiger partial charge in [0.15, 0.2) is 0 Å². The summed E-state index contributed by atoms with van der Waals surface area (Å²) in [5.41, 5.74) is 0.601. The first kappa shape index (κ1) is 19.6. The van der Waals surface area contributed by atoms with Gasteiger partial charge in [-0.25, -0.2) is 13.6 Å². The zero-order chi connectivity index (χ0) is 19.4. The van der Waals surface area contributed by atoms with E-state index in [0.29, 0.717) is 25.2 Å². The molecule has 0 unspecified atom stereocenters. The molecule has 0 aliphatic carbocycles. The minimum absolute atomic E-state index is 0.0220. The van der Waals surface area contributed by atoms with Crippen LogP contribution in [0.5, 0.6) is 5.75 Å². The Morgan fingerprint density at radius 1 is 1.22 bits per heavy atom. The number of ether oxygens (including phenoxy) is 1. The lowest BCUT2D eigenvalue weighted by Gasteiger charge is -2.33. The second-order valence-electron chi connectivity index (χ2n) is 6.32. The van der Waals surface area contributed by atoms with Crippen molar-refractivity contribution in [1.29, 1.82) is 0 Å². The number of hydrogen-bond acceptors (Lipinski definition) is 3. The Labute approximate surface area is 164 Å². The molecule has 0 aromatic heterocycles. The van der Waals surface area contributed by atoms with Crippen molar-refractivity contribution in [3.63, 3.8) is 0 Å². The highest BCUT2D eigenvalue weighted by Crippen LogP contribution is 2.32. The van der Waals surface area contributed by atoms with Gasteiger partial charge in [0.25, 0.3) is 0 Å². The molecule has 1 fully saturated rings. The Kier molecular flexibility index (Phi) is 6.28. The van der Waals surface area contributed by atoms with Crippen molar-refractivity contribution in [3.8, 4) is 5.75 Å². The normalized spacial score (nSPS) is 19.4. The van der Waals surface area contributed by atoms with Gasteiger partial charge in [0.2, 0.25) is 0 Å². The van der Waals surface area contributed by atoms with Gasteiger partial charge in [0, 0.05) is 40.3 Å². The lowest BCUT2D eigenvalue weighted by atomic mass is 9.85. The van der Waals surface area contributed by atoms with E-state index in [4.69, 9.17) is 4.74 Å². The second-order valence-corrected chi connectivity index (χ2v) is 7.23. The van der Waals surface area contributed by atoms with Gasteiger partial charge in [-0.1, -0.05) is 15.9 Å². The fourth-order valence-corrected chi connectivity index (χ4v) is 3.52. The van der Waals surface area contributed by atoms with Crippen molar-refractivity contribution >= 4 is 27.6 Å². The topological polar surface area (TPSA) is 62.4 Å². The average molecular weight is 440 g/mol. The van der Waals surface area contributed by atoms with Crippen LogP contribution in [-0.4, -0.2) is 32.3 Å². The number of methoxy groups -OCH3 is 1. The van der Waals surface area contributed by atoms with E-state index < -0.39 is 29.6 Å². The van der Waals surface area contributed by atoms with Crippen LogP contribution in [0.25, 0.3) is 0 Å². The summed E-state index contributed by atoms with van der Waals surface area (Å²) in [6.07, 6.45) is 0.503. The lowest BCUT2D eigenvalue weighted by Crippen LogP contribution is -2.51. The van der Waals surface area contributed by atoms with Crippen LogP contribution in [0.1, 0.15) is 17.9 Å². The smallest absolute Gasteiger partial charge is 0.319 e. The first-order chi connectivity index (χ1) is 13.0. The molecule has 0 radical (unpaired) electrons. The Morgan fingerprint density at radius 3 is 2.52 bits per heavy atom. The molecule has 3 rings (SSSR count). The number of carbonyl (C=O) groups excluding carboxylic acids is 1. The molecule has 0 spiro atoms. The maximum atomic E-state index is 14.5. The fraction of sp³-hybridized carbons (Fsp3) is 0.316. The van der Waals surface area contributed by atoms with Gasteiger partial charge < -0.3 is 20.7 Å². The van der Waals surface area contributed by atoms with Crippen LogP contribution in [-0.2, 0) is 0 Å². The summed E-state index contributed by atoms with van der Waals surface area (Å²) >= 11 is 3.33. The van der Waals surface area contributed by atoms with E-state index in [2.05, 4.69) is 31.9 Å². The highest BCUT2D eigenvalue weighted by molar-refractivity contribution is 9.10. The molecular formula is C19H20BrF2N3O2. The second kappa shape index (κ2) is 8.67. The summed E-state index contributed by atoms with van der Waals surface area (Å²) in [6, 6.07) is 8.58. The highest BCUT2D eigenvalue weighted by Gasteiger charge is 2.32. The number of rotatable bonds is 4. The number of hydrogen-bond donors (Lipinski definition) is 3. The van der Waals surface area contributed by atoms with Crippen molar-refractivity contribution in [1.82, 2.24) is 10.6 Å². The summed E-state index contributed by atoms with van der Waals surface area (Å²) < 4.78 is 34.8. The maximum absolute atomic E-state index is 14.5. The third-order valence-electron chi connectivity index (χ3n) is 4.56. The van der Waals surface area contributed by atoms with E-state index >= 15 is 0 Å². The molecule has 144 valence electrons. The summed E-state index contributed by atoms with van der Waals surface area (Å²) in [5.74, 6) is -1.69. The van der Waals surface area contributed by atoms with Gasteiger partial charge in [-0.2, -0.15) is 0 Å². The summed E-state index contributed by atoms with van der Waals surface area (Å²) in [5, 5.41) is 8.71. The molecule has 2 amide bonds. The summed E-state index contributed by atoms with van der Waals surface area (Å²) in [4.78, 5) is 12.3. The van der Waals surface area contributed by atoms with E-state index in [0.717, 1.165) is 4.47 Å². The molecule has 1 aliphatic rings. The zero-order valence-electron chi connectivity index (χ0n) is 14.7. The Hall–Kier alpha value is -2.19. The van der Waals surface area contributed by atoms with Crippen molar-refractivity contribution in [2.45, 2.75) is 18.4 Å². The van der Waals surface area contributed by atoms with Gasteiger partial charge in [0.1, 0.15) is 17.4 Å². The first-order valence-corrected chi connectivity index (χ1v) is 9.34. The summed E-state index contributed by atoms with van der Waals surface area (Å²) in [7, 11) is 1.36. The predicted molar refractivity (Wildman–Crippen MR) is 103 cm³/mol. The number of carbonyl (C=O) groups is 1. The number of anilines is 1. The molecule has 8 heteroatoms. The van der Waals surface area contributed by atoms with Gasteiger partial charge >= 0.3 is 6.03 Å². The molecule has 1 heterocycles. The van der Waals surface area contributed by atoms with Crippen LogP contribution in [0.2, 0.25) is 0 Å². The quantitative estimate of drug-likeness (QED) is 0.674. The largest absolute Gasteiger partial charge is 0.497 e. The van der Waals surface area contributed by atoms with Crippen molar-refractivity contribution in [3.05, 3.63) is 58.1 Å². The standard InChI is InChI=1S/C19H20BrF2N3O2/c1-27-13-8-15(21)18(16(22)9-13)14-6-7-23-10-17(14)25-19(26)24-12-4-2-11(20)3-5-12/h2-5,8-9,14,17,23H,6-7,10H2,1H3,(H2,24,25,26)/t14-,17-/m0/s1. The molecule has 2 aromatic rings. The van der Waals surface area contributed by atoms with Crippen molar-refractivity contribution in [2.75, 3.05) is 25.5 Å². The van der Waals surface area contributed by atoms with E-state index in [9.17, 15) is 13.6 Å². The van der Waals surface area contributed by atoms with Crippen molar-refractivity contribution < 1.29 is 18.3 Å². The Morgan fingerprint density at radius 2 is 1.89 bits per heavy atom. The Bertz CT molecular complexity index is 794. The summed E-state index contributed by atoms with van der Waals surface area (Å²) in [6.45, 7) is 1.03.